The fourth-order valence-corrected chi connectivity index (χ4v) is 2.44. The molecule has 1 aliphatic rings. The van der Waals surface area contributed by atoms with E-state index in [1.807, 2.05) is 6.07 Å². The molecule has 1 aromatic rings. The molecule has 0 unspecified atom stereocenters. The summed E-state index contributed by atoms with van der Waals surface area (Å²) in [5.41, 5.74) is 7.56. The SMILES string of the molecule is CN1CCN([C@](C)(N)Cc2ccccc2)CC1. The Morgan fingerprint density at radius 2 is 1.71 bits per heavy atom. The van der Waals surface area contributed by atoms with Gasteiger partial charge in [-0.1, -0.05) is 30.3 Å². The molecule has 1 fully saturated rings. The molecule has 0 aliphatic carbocycles. The van der Waals surface area contributed by atoms with Crippen molar-refractivity contribution in [2.75, 3.05) is 33.2 Å². The van der Waals surface area contributed by atoms with E-state index in [9.17, 15) is 0 Å². The van der Waals surface area contributed by atoms with Crippen LogP contribution in [0.3, 0.4) is 0 Å². The third-order valence-electron chi connectivity index (χ3n) is 3.63. The first kappa shape index (κ1) is 12.6. The summed E-state index contributed by atoms with van der Waals surface area (Å²) < 4.78 is 0. The Morgan fingerprint density at radius 3 is 2.29 bits per heavy atom. The zero-order chi connectivity index (χ0) is 12.3. The molecule has 0 amide bonds. The highest BCUT2D eigenvalue weighted by molar-refractivity contribution is 5.17. The lowest BCUT2D eigenvalue weighted by Gasteiger charge is -2.43. The topological polar surface area (TPSA) is 32.5 Å². The van der Waals surface area contributed by atoms with Gasteiger partial charge in [0.05, 0.1) is 5.66 Å². The lowest BCUT2D eigenvalue weighted by Crippen LogP contribution is -2.60. The Bertz CT molecular complexity index is 340. The van der Waals surface area contributed by atoms with Gasteiger partial charge in [0.2, 0.25) is 0 Å². The monoisotopic (exact) mass is 233 g/mol. The van der Waals surface area contributed by atoms with Crippen LogP contribution in [-0.4, -0.2) is 48.7 Å². The molecule has 3 nitrogen and oxygen atoms in total. The predicted molar refractivity (Wildman–Crippen MR) is 71.8 cm³/mol. The van der Waals surface area contributed by atoms with Crippen LogP contribution in [0, 0.1) is 0 Å². The quantitative estimate of drug-likeness (QED) is 0.850. The Kier molecular flexibility index (Phi) is 3.82. The molecular formula is C14H23N3. The summed E-state index contributed by atoms with van der Waals surface area (Å²) in [4.78, 5) is 4.76. The lowest BCUT2D eigenvalue weighted by atomic mass is 9.99. The van der Waals surface area contributed by atoms with Gasteiger partial charge in [0.15, 0.2) is 0 Å². The standard InChI is InChI=1S/C14H23N3/c1-14(15,12-13-6-4-3-5-7-13)17-10-8-16(2)9-11-17/h3-7H,8-12,15H2,1-2H3/t14-/m0/s1. The van der Waals surface area contributed by atoms with Crippen molar-refractivity contribution in [3.63, 3.8) is 0 Å². The van der Waals surface area contributed by atoms with Crippen molar-refractivity contribution in [1.29, 1.82) is 0 Å². The van der Waals surface area contributed by atoms with Crippen LogP contribution in [0.4, 0.5) is 0 Å². The maximum atomic E-state index is 6.48. The van der Waals surface area contributed by atoms with Crippen LogP contribution < -0.4 is 5.73 Å². The number of hydrogen-bond acceptors (Lipinski definition) is 3. The maximum Gasteiger partial charge on any atom is 0.0700 e. The molecule has 0 spiro atoms. The zero-order valence-corrected chi connectivity index (χ0v) is 10.9. The fraction of sp³-hybridized carbons (Fsp3) is 0.571. The van der Waals surface area contributed by atoms with Crippen LogP contribution >= 0.6 is 0 Å². The Balaban J connectivity index is 1.98. The largest absolute Gasteiger partial charge is 0.313 e. The molecule has 2 N–H and O–H groups in total. The molecule has 1 atom stereocenters. The number of nitrogens with zero attached hydrogens (tertiary/aromatic N) is 2. The Labute approximate surface area is 104 Å². The van der Waals surface area contributed by atoms with Crippen molar-refractivity contribution in [2.45, 2.75) is 19.0 Å². The van der Waals surface area contributed by atoms with E-state index in [0.29, 0.717) is 0 Å². The smallest absolute Gasteiger partial charge is 0.0700 e. The average Bonchev–Trinajstić information content (AvgIpc) is 2.30. The van der Waals surface area contributed by atoms with Gasteiger partial charge in [-0.05, 0) is 19.5 Å². The number of likely N-dealkylation sites (N-methyl/N-ethyl adjacent to an activating group) is 1. The fourth-order valence-electron chi connectivity index (χ4n) is 2.44. The van der Waals surface area contributed by atoms with Crippen LogP contribution in [0.15, 0.2) is 30.3 Å². The van der Waals surface area contributed by atoms with E-state index < -0.39 is 0 Å². The second-order valence-electron chi connectivity index (χ2n) is 5.31. The highest BCUT2D eigenvalue weighted by atomic mass is 15.3. The van der Waals surface area contributed by atoms with Gasteiger partial charge >= 0.3 is 0 Å². The second-order valence-corrected chi connectivity index (χ2v) is 5.31. The van der Waals surface area contributed by atoms with Crippen LogP contribution in [0.25, 0.3) is 0 Å². The first-order chi connectivity index (χ1) is 8.08. The molecule has 1 heterocycles. The van der Waals surface area contributed by atoms with Crippen molar-refractivity contribution in [3.8, 4) is 0 Å². The Hall–Kier alpha value is -0.900. The van der Waals surface area contributed by atoms with Gasteiger partial charge < -0.3 is 10.6 Å². The van der Waals surface area contributed by atoms with Crippen LogP contribution in [0.5, 0.6) is 0 Å². The molecule has 2 rings (SSSR count). The molecule has 1 saturated heterocycles. The van der Waals surface area contributed by atoms with Crippen molar-refractivity contribution >= 4 is 0 Å². The molecule has 1 aromatic carbocycles. The number of benzene rings is 1. The van der Waals surface area contributed by atoms with Crippen LogP contribution in [0.1, 0.15) is 12.5 Å². The van der Waals surface area contributed by atoms with Gasteiger partial charge in [0, 0.05) is 32.6 Å². The third kappa shape index (κ3) is 3.28. The Morgan fingerprint density at radius 1 is 1.12 bits per heavy atom. The zero-order valence-electron chi connectivity index (χ0n) is 10.9. The van der Waals surface area contributed by atoms with Crippen molar-refractivity contribution in [3.05, 3.63) is 35.9 Å². The van der Waals surface area contributed by atoms with Gasteiger partial charge in [-0.3, -0.25) is 4.90 Å². The molecule has 0 bridgehead atoms. The number of hydrogen-bond donors (Lipinski definition) is 1. The minimum atomic E-state index is -0.234. The normalized spacial score (nSPS) is 22.3. The average molecular weight is 233 g/mol. The van der Waals surface area contributed by atoms with Gasteiger partial charge in [-0.15, -0.1) is 0 Å². The highest BCUT2D eigenvalue weighted by Gasteiger charge is 2.29. The van der Waals surface area contributed by atoms with Gasteiger partial charge in [-0.2, -0.15) is 0 Å². The van der Waals surface area contributed by atoms with Crippen molar-refractivity contribution in [1.82, 2.24) is 9.80 Å². The van der Waals surface area contributed by atoms with E-state index in [1.165, 1.54) is 5.56 Å². The molecule has 17 heavy (non-hydrogen) atoms. The van der Waals surface area contributed by atoms with E-state index in [4.69, 9.17) is 5.73 Å². The molecular weight excluding hydrogens is 210 g/mol. The summed E-state index contributed by atoms with van der Waals surface area (Å²) in [5, 5.41) is 0. The molecule has 1 aliphatic heterocycles. The van der Waals surface area contributed by atoms with Crippen molar-refractivity contribution in [2.24, 2.45) is 5.73 Å². The lowest BCUT2D eigenvalue weighted by molar-refractivity contribution is 0.0546. The summed E-state index contributed by atoms with van der Waals surface area (Å²) in [5.74, 6) is 0. The predicted octanol–water partition coefficient (Wildman–Crippen LogP) is 1.15. The molecule has 0 saturated carbocycles. The van der Waals surface area contributed by atoms with Gasteiger partial charge in [0.1, 0.15) is 0 Å². The third-order valence-corrected chi connectivity index (χ3v) is 3.63. The van der Waals surface area contributed by atoms with E-state index in [1.54, 1.807) is 0 Å². The van der Waals surface area contributed by atoms with E-state index in [2.05, 4.69) is 48.0 Å². The highest BCUT2D eigenvalue weighted by Crippen LogP contribution is 2.17. The minimum Gasteiger partial charge on any atom is -0.313 e. The van der Waals surface area contributed by atoms with E-state index >= 15 is 0 Å². The molecule has 0 radical (unpaired) electrons. The summed E-state index contributed by atoms with van der Waals surface area (Å²) in [7, 11) is 2.17. The summed E-state index contributed by atoms with van der Waals surface area (Å²) in [6.07, 6.45) is 0.914. The molecule has 94 valence electrons. The summed E-state index contributed by atoms with van der Waals surface area (Å²) in [6, 6.07) is 10.5. The minimum absolute atomic E-state index is 0.234. The molecule has 0 aromatic heterocycles. The number of nitrogens with two attached hydrogens (primary N) is 1. The maximum absolute atomic E-state index is 6.48. The first-order valence-electron chi connectivity index (χ1n) is 6.34. The van der Waals surface area contributed by atoms with Gasteiger partial charge in [0.25, 0.3) is 0 Å². The van der Waals surface area contributed by atoms with Crippen LogP contribution in [-0.2, 0) is 6.42 Å². The molecule has 3 heteroatoms. The first-order valence-corrected chi connectivity index (χ1v) is 6.34. The van der Waals surface area contributed by atoms with E-state index in [-0.39, 0.29) is 5.66 Å². The summed E-state index contributed by atoms with van der Waals surface area (Å²) in [6.45, 7) is 6.50. The van der Waals surface area contributed by atoms with Gasteiger partial charge in [-0.25, -0.2) is 0 Å². The van der Waals surface area contributed by atoms with Crippen LogP contribution in [0.2, 0.25) is 0 Å². The van der Waals surface area contributed by atoms with Crippen molar-refractivity contribution < 1.29 is 0 Å². The second kappa shape index (κ2) is 5.17. The number of rotatable bonds is 3. The summed E-state index contributed by atoms with van der Waals surface area (Å²) >= 11 is 0. The van der Waals surface area contributed by atoms with E-state index in [0.717, 1.165) is 32.6 Å². The number of piperazine rings is 1.